The highest BCUT2D eigenvalue weighted by Gasteiger charge is 2.41. The summed E-state index contributed by atoms with van der Waals surface area (Å²) >= 11 is 0. The number of carboxylic acids is 1. The lowest BCUT2D eigenvalue weighted by molar-refractivity contribution is -0.142. The minimum absolute atomic E-state index is 0.0473. The van der Waals surface area contributed by atoms with Crippen LogP contribution in [0, 0.1) is 5.92 Å². The van der Waals surface area contributed by atoms with Crippen LogP contribution in [-0.4, -0.2) is 40.3 Å². The van der Waals surface area contributed by atoms with Crippen LogP contribution in [0.15, 0.2) is 24.3 Å². The van der Waals surface area contributed by atoms with Gasteiger partial charge >= 0.3 is 12.1 Å². The summed E-state index contributed by atoms with van der Waals surface area (Å²) in [5.41, 5.74) is 0.0853. The SMILES string of the molecule is CC(C)(C)OC(=O)N1C[C@H](Cc2ccc(C(F)F)cc2)C[C@H]1C(=O)O. The molecular formula is C18H23F2NO4. The number of hydrogen-bond donors (Lipinski definition) is 1. The van der Waals surface area contributed by atoms with E-state index >= 15 is 0 Å². The van der Waals surface area contributed by atoms with E-state index in [0.717, 1.165) is 5.56 Å². The van der Waals surface area contributed by atoms with Crippen LogP contribution in [0.25, 0.3) is 0 Å². The Morgan fingerprint density at radius 1 is 1.28 bits per heavy atom. The summed E-state index contributed by atoms with van der Waals surface area (Å²) in [7, 11) is 0. The van der Waals surface area contributed by atoms with Crippen LogP contribution in [0.4, 0.5) is 13.6 Å². The molecule has 0 spiro atoms. The topological polar surface area (TPSA) is 66.8 Å². The van der Waals surface area contributed by atoms with Gasteiger partial charge in [0.15, 0.2) is 0 Å². The number of rotatable bonds is 4. The third kappa shape index (κ3) is 5.14. The summed E-state index contributed by atoms with van der Waals surface area (Å²) in [5.74, 6) is -1.13. The molecule has 7 heteroatoms. The van der Waals surface area contributed by atoms with Gasteiger partial charge in [-0.2, -0.15) is 0 Å². The Morgan fingerprint density at radius 2 is 1.88 bits per heavy atom. The van der Waals surface area contributed by atoms with Gasteiger partial charge in [-0.1, -0.05) is 24.3 Å². The Balaban J connectivity index is 2.06. The quantitative estimate of drug-likeness (QED) is 0.890. The van der Waals surface area contributed by atoms with E-state index < -0.39 is 30.1 Å². The highest BCUT2D eigenvalue weighted by Crippen LogP contribution is 2.29. The van der Waals surface area contributed by atoms with Crippen molar-refractivity contribution in [2.75, 3.05) is 6.54 Å². The second kappa shape index (κ2) is 7.37. The number of ether oxygens (including phenoxy) is 1. The average Bonchev–Trinajstić information content (AvgIpc) is 2.90. The van der Waals surface area contributed by atoms with Gasteiger partial charge in [0, 0.05) is 12.1 Å². The molecule has 2 rings (SSSR count). The first-order chi connectivity index (χ1) is 11.6. The summed E-state index contributed by atoms with van der Waals surface area (Å²) in [5, 5.41) is 9.38. The number of amides is 1. The van der Waals surface area contributed by atoms with Crippen LogP contribution in [0.3, 0.4) is 0 Å². The lowest BCUT2D eigenvalue weighted by Gasteiger charge is -2.26. The Hall–Kier alpha value is -2.18. The van der Waals surface area contributed by atoms with Crippen LogP contribution in [0.2, 0.25) is 0 Å². The molecule has 0 unspecified atom stereocenters. The number of carbonyl (C=O) groups excluding carboxylic acids is 1. The Morgan fingerprint density at radius 3 is 2.36 bits per heavy atom. The lowest BCUT2D eigenvalue weighted by atomic mass is 9.96. The fourth-order valence-corrected chi connectivity index (χ4v) is 2.96. The maximum Gasteiger partial charge on any atom is 0.411 e. The number of alkyl halides is 2. The van der Waals surface area contributed by atoms with E-state index in [9.17, 15) is 23.5 Å². The second-order valence-corrected chi connectivity index (χ2v) is 7.33. The molecule has 1 aromatic rings. The van der Waals surface area contributed by atoms with Crippen molar-refractivity contribution in [2.24, 2.45) is 5.92 Å². The Kier molecular flexibility index (Phi) is 5.65. The minimum atomic E-state index is -2.51. The normalized spacial score (nSPS) is 20.8. The van der Waals surface area contributed by atoms with E-state index in [1.165, 1.54) is 17.0 Å². The van der Waals surface area contributed by atoms with Gasteiger partial charge in [-0.15, -0.1) is 0 Å². The minimum Gasteiger partial charge on any atom is -0.480 e. The molecule has 25 heavy (non-hydrogen) atoms. The van der Waals surface area contributed by atoms with Gasteiger partial charge < -0.3 is 9.84 Å². The molecule has 5 nitrogen and oxygen atoms in total. The van der Waals surface area contributed by atoms with Crippen LogP contribution in [0.1, 0.15) is 44.7 Å². The zero-order valence-electron chi connectivity index (χ0n) is 14.5. The van der Waals surface area contributed by atoms with Gasteiger partial charge in [0.25, 0.3) is 6.43 Å². The molecule has 1 amide bonds. The molecule has 2 atom stereocenters. The predicted octanol–water partition coefficient (Wildman–Crippen LogP) is 3.88. The molecule has 0 saturated carbocycles. The average molecular weight is 355 g/mol. The highest BCUT2D eigenvalue weighted by atomic mass is 19.3. The number of benzene rings is 1. The van der Waals surface area contributed by atoms with E-state index in [2.05, 4.69) is 0 Å². The molecule has 1 N–H and O–H groups in total. The molecule has 1 aliphatic heterocycles. The van der Waals surface area contributed by atoms with Crippen LogP contribution < -0.4 is 0 Å². The highest BCUT2D eigenvalue weighted by molar-refractivity contribution is 5.81. The van der Waals surface area contributed by atoms with Crippen LogP contribution in [-0.2, 0) is 16.0 Å². The fraction of sp³-hybridized carbons (Fsp3) is 0.556. The second-order valence-electron chi connectivity index (χ2n) is 7.33. The van der Waals surface area contributed by atoms with Gasteiger partial charge in [-0.25, -0.2) is 18.4 Å². The number of carbonyl (C=O) groups is 2. The van der Waals surface area contributed by atoms with Crippen molar-refractivity contribution in [2.45, 2.75) is 51.7 Å². The number of carboxylic acid groups (broad SMARTS) is 1. The van der Waals surface area contributed by atoms with E-state index in [0.29, 0.717) is 12.8 Å². The molecule has 1 fully saturated rings. The summed E-state index contributed by atoms with van der Waals surface area (Å²) in [6.07, 6.45) is -2.33. The molecule has 0 aliphatic carbocycles. The largest absolute Gasteiger partial charge is 0.480 e. The monoisotopic (exact) mass is 355 g/mol. The van der Waals surface area contributed by atoms with E-state index in [1.807, 2.05) is 0 Å². The molecule has 1 saturated heterocycles. The fourth-order valence-electron chi connectivity index (χ4n) is 2.96. The van der Waals surface area contributed by atoms with E-state index in [-0.39, 0.29) is 18.0 Å². The molecule has 138 valence electrons. The van der Waals surface area contributed by atoms with E-state index in [4.69, 9.17) is 4.74 Å². The lowest BCUT2D eigenvalue weighted by Crippen LogP contribution is -2.43. The van der Waals surface area contributed by atoms with Crippen molar-refractivity contribution in [1.29, 1.82) is 0 Å². The van der Waals surface area contributed by atoms with Crippen molar-refractivity contribution in [3.05, 3.63) is 35.4 Å². The van der Waals surface area contributed by atoms with Gasteiger partial charge in [0.1, 0.15) is 11.6 Å². The maximum atomic E-state index is 12.6. The van der Waals surface area contributed by atoms with Gasteiger partial charge in [0.2, 0.25) is 0 Å². The summed E-state index contributed by atoms with van der Waals surface area (Å²) in [4.78, 5) is 25.0. The number of likely N-dealkylation sites (tertiary alicyclic amines) is 1. The number of aliphatic carboxylic acids is 1. The summed E-state index contributed by atoms with van der Waals surface area (Å²) < 4.78 is 30.5. The Labute approximate surface area is 145 Å². The van der Waals surface area contributed by atoms with Gasteiger partial charge in [0.05, 0.1) is 0 Å². The van der Waals surface area contributed by atoms with Gasteiger partial charge in [-0.3, -0.25) is 4.90 Å². The summed E-state index contributed by atoms with van der Waals surface area (Å²) in [6, 6.07) is 5.05. The first-order valence-electron chi connectivity index (χ1n) is 8.16. The zero-order chi connectivity index (χ0) is 18.8. The number of hydrogen-bond acceptors (Lipinski definition) is 3. The molecule has 1 aromatic carbocycles. The third-order valence-corrected chi connectivity index (χ3v) is 4.06. The Bertz CT molecular complexity index is 625. The first kappa shape index (κ1) is 19.1. The van der Waals surface area contributed by atoms with Crippen LogP contribution >= 0.6 is 0 Å². The van der Waals surface area contributed by atoms with E-state index in [1.54, 1.807) is 32.9 Å². The standard InChI is InChI=1S/C18H23F2NO4/c1-18(2,3)25-17(24)21-10-12(9-14(21)16(22)23)8-11-4-6-13(7-5-11)15(19)20/h4-7,12,14-15H,8-10H2,1-3H3,(H,22,23)/t12-,14+/m1/s1. The predicted molar refractivity (Wildman–Crippen MR) is 87.6 cm³/mol. The smallest absolute Gasteiger partial charge is 0.411 e. The van der Waals surface area contributed by atoms with Crippen molar-refractivity contribution in [3.8, 4) is 0 Å². The summed E-state index contributed by atoms with van der Waals surface area (Å²) in [6.45, 7) is 5.43. The van der Waals surface area contributed by atoms with Crippen molar-refractivity contribution in [1.82, 2.24) is 4.90 Å². The van der Waals surface area contributed by atoms with Crippen LogP contribution in [0.5, 0.6) is 0 Å². The zero-order valence-corrected chi connectivity index (χ0v) is 14.5. The third-order valence-electron chi connectivity index (χ3n) is 4.06. The molecule has 0 bridgehead atoms. The molecule has 0 radical (unpaired) electrons. The number of nitrogens with zero attached hydrogens (tertiary/aromatic N) is 1. The van der Waals surface area contributed by atoms with Crippen molar-refractivity contribution in [3.63, 3.8) is 0 Å². The maximum absolute atomic E-state index is 12.6. The molecular weight excluding hydrogens is 332 g/mol. The number of halogens is 2. The molecule has 1 heterocycles. The first-order valence-corrected chi connectivity index (χ1v) is 8.16. The molecule has 0 aromatic heterocycles. The van der Waals surface area contributed by atoms with Crippen molar-refractivity contribution >= 4 is 12.1 Å². The molecule has 1 aliphatic rings. The van der Waals surface area contributed by atoms with Gasteiger partial charge in [-0.05, 0) is 45.1 Å². The van der Waals surface area contributed by atoms with Crippen molar-refractivity contribution < 1.29 is 28.2 Å².